The van der Waals surface area contributed by atoms with Crippen LogP contribution >= 0.6 is 69.6 Å². The van der Waals surface area contributed by atoms with Crippen molar-refractivity contribution in [1.82, 2.24) is 15.0 Å². The number of ether oxygens (including phenoxy) is 1. The van der Waals surface area contributed by atoms with Gasteiger partial charge in [0.05, 0.1) is 7.11 Å². The van der Waals surface area contributed by atoms with Crippen LogP contribution in [0.2, 0.25) is 0 Å². The standard InChI is InChI=1S/C17H9Cl6N3O2/c1-28-9-5-6-10-8(7-9)3-2-4-11(10)12(27)13-24-14(16(18,19)20)26-15(25-13)17(21,22)23/h2-7H,1H3. The Hall–Kier alpha value is -1.08. The van der Waals surface area contributed by atoms with Gasteiger partial charge < -0.3 is 4.74 Å². The number of rotatable bonds is 3. The van der Waals surface area contributed by atoms with E-state index in [1.807, 2.05) is 6.07 Å². The zero-order valence-electron chi connectivity index (χ0n) is 13.9. The maximum Gasteiger partial charge on any atom is 0.250 e. The van der Waals surface area contributed by atoms with E-state index < -0.39 is 13.4 Å². The first kappa shape index (κ1) is 21.6. The summed E-state index contributed by atoms with van der Waals surface area (Å²) in [6.45, 7) is 0. The second kappa shape index (κ2) is 7.98. The fraction of sp³-hybridized carbons (Fsp3) is 0.176. The van der Waals surface area contributed by atoms with E-state index in [4.69, 9.17) is 74.3 Å². The third-order valence-corrected chi connectivity index (χ3v) is 4.69. The van der Waals surface area contributed by atoms with Crippen molar-refractivity contribution in [3.05, 3.63) is 59.4 Å². The zero-order chi connectivity index (χ0) is 20.7. The van der Waals surface area contributed by atoms with Gasteiger partial charge in [-0.3, -0.25) is 4.79 Å². The molecule has 146 valence electrons. The highest BCUT2D eigenvalue weighted by Gasteiger charge is 2.35. The molecule has 0 unspecified atom stereocenters. The van der Waals surface area contributed by atoms with Crippen molar-refractivity contribution in [3.8, 4) is 5.75 Å². The smallest absolute Gasteiger partial charge is 0.250 e. The summed E-state index contributed by atoms with van der Waals surface area (Å²) in [5.74, 6) is -0.891. The number of hydrogen-bond donors (Lipinski definition) is 0. The first-order valence-corrected chi connectivity index (χ1v) is 9.79. The van der Waals surface area contributed by atoms with Gasteiger partial charge in [-0.25, -0.2) is 15.0 Å². The number of methoxy groups -OCH3 is 1. The number of alkyl halides is 6. The highest BCUT2D eigenvalue weighted by molar-refractivity contribution is 6.67. The highest BCUT2D eigenvalue weighted by atomic mass is 35.6. The number of halogens is 6. The van der Waals surface area contributed by atoms with E-state index >= 15 is 0 Å². The fourth-order valence-corrected chi connectivity index (χ4v) is 2.95. The summed E-state index contributed by atoms with van der Waals surface area (Å²) in [6.07, 6.45) is 0. The van der Waals surface area contributed by atoms with Crippen LogP contribution in [0.3, 0.4) is 0 Å². The summed E-state index contributed by atoms with van der Waals surface area (Å²) in [6, 6.07) is 10.4. The minimum absolute atomic E-state index is 0.317. The molecule has 0 aliphatic carbocycles. The van der Waals surface area contributed by atoms with E-state index in [-0.39, 0.29) is 17.5 Å². The van der Waals surface area contributed by atoms with Gasteiger partial charge in [-0.05, 0) is 29.0 Å². The van der Waals surface area contributed by atoms with Gasteiger partial charge >= 0.3 is 0 Å². The number of carbonyl (C=O) groups is 1. The Kier molecular flexibility index (Phi) is 6.16. The summed E-state index contributed by atoms with van der Waals surface area (Å²) in [5.41, 5.74) is 0.317. The molecule has 0 fully saturated rings. The Bertz CT molecular complexity index is 1030. The quantitative estimate of drug-likeness (QED) is 0.330. The lowest BCUT2D eigenvalue weighted by Crippen LogP contribution is -2.20. The van der Waals surface area contributed by atoms with Gasteiger partial charge in [0.25, 0.3) is 0 Å². The van der Waals surface area contributed by atoms with Crippen LogP contribution in [0.4, 0.5) is 0 Å². The second-order valence-corrected chi connectivity index (χ2v) is 10.1. The predicted octanol–water partition coefficient (Wildman–Crippen LogP) is 5.92. The lowest BCUT2D eigenvalue weighted by atomic mass is 10.0. The number of carbonyl (C=O) groups excluding carboxylic acids is 1. The third-order valence-electron chi connectivity index (χ3n) is 3.68. The highest BCUT2D eigenvalue weighted by Crippen LogP contribution is 2.40. The normalized spacial score (nSPS) is 12.2. The van der Waals surface area contributed by atoms with Crippen molar-refractivity contribution in [2.45, 2.75) is 7.59 Å². The van der Waals surface area contributed by atoms with Crippen LogP contribution < -0.4 is 4.74 Å². The number of nitrogens with zero attached hydrogens (tertiary/aromatic N) is 3. The Morgan fingerprint density at radius 3 is 2.04 bits per heavy atom. The maximum absolute atomic E-state index is 13.1. The molecule has 0 atom stereocenters. The van der Waals surface area contributed by atoms with Crippen molar-refractivity contribution >= 4 is 86.2 Å². The molecule has 0 bridgehead atoms. The van der Waals surface area contributed by atoms with E-state index in [0.717, 1.165) is 5.39 Å². The Labute approximate surface area is 189 Å². The molecule has 3 aromatic rings. The molecule has 28 heavy (non-hydrogen) atoms. The van der Waals surface area contributed by atoms with Crippen molar-refractivity contribution in [1.29, 1.82) is 0 Å². The Morgan fingerprint density at radius 2 is 1.50 bits per heavy atom. The van der Waals surface area contributed by atoms with Crippen LogP contribution in [-0.2, 0) is 7.59 Å². The zero-order valence-corrected chi connectivity index (χ0v) is 18.4. The monoisotopic (exact) mass is 497 g/mol. The molecule has 2 aromatic carbocycles. The molecule has 0 saturated heterocycles. The Balaban J connectivity index is 2.19. The van der Waals surface area contributed by atoms with Crippen molar-refractivity contribution < 1.29 is 9.53 Å². The van der Waals surface area contributed by atoms with Gasteiger partial charge in [0.2, 0.25) is 19.2 Å². The van der Waals surface area contributed by atoms with Crippen molar-refractivity contribution in [2.75, 3.05) is 7.11 Å². The molecule has 3 rings (SSSR count). The molecule has 0 spiro atoms. The first-order valence-electron chi connectivity index (χ1n) is 7.52. The van der Waals surface area contributed by atoms with Gasteiger partial charge in [0.15, 0.2) is 11.6 Å². The van der Waals surface area contributed by atoms with Gasteiger partial charge in [0.1, 0.15) is 5.75 Å². The van der Waals surface area contributed by atoms with E-state index in [0.29, 0.717) is 16.7 Å². The van der Waals surface area contributed by atoms with Crippen LogP contribution in [0, 0.1) is 0 Å². The molecular weight excluding hydrogens is 491 g/mol. The van der Waals surface area contributed by atoms with E-state index in [2.05, 4.69) is 15.0 Å². The van der Waals surface area contributed by atoms with Gasteiger partial charge in [-0.2, -0.15) is 0 Å². The topological polar surface area (TPSA) is 65.0 Å². The van der Waals surface area contributed by atoms with Gasteiger partial charge in [0, 0.05) is 5.56 Å². The van der Waals surface area contributed by atoms with E-state index in [9.17, 15) is 4.79 Å². The average molecular weight is 500 g/mol. The van der Waals surface area contributed by atoms with Crippen LogP contribution in [0.5, 0.6) is 5.75 Å². The maximum atomic E-state index is 13.1. The molecule has 0 saturated carbocycles. The lowest BCUT2D eigenvalue weighted by Gasteiger charge is -2.15. The average Bonchev–Trinajstić information content (AvgIpc) is 2.64. The summed E-state index contributed by atoms with van der Waals surface area (Å²) in [4.78, 5) is 24.9. The number of aromatic nitrogens is 3. The second-order valence-electron chi connectivity index (χ2n) is 5.52. The SMILES string of the molecule is COc1ccc2c(C(=O)c3nc(C(Cl)(Cl)Cl)nc(C(Cl)(Cl)Cl)n3)cccc2c1. The first-order chi connectivity index (χ1) is 13.0. The number of fused-ring (bicyclic) bond motifs is 1. The predicted molar refractivity (Wildman–Crippen MR) is 112 cm³/mol. The van der Waals surface area contributed by atoms with Crippen LogP contribution in [0.15, 0.2) is 36.4 Å². The third kappa shape index (κ3) is 4.56. The number of benzene rings is 2. The number of ketones is 1. The molecule has 5 nitrogen and oxygen atoms in total. The lowest BCUT2D eigenvalue weighted by molar-refractivity contribution is 0.103. The minimum atomic E-state index is -2.05. The molecule has 0 amide bonds. The van der Waals surface area contributed by atoms with Crippen LogP contribution in [0.1, 0.15) is 27.8 Å². The summed E-state index contributed by atoms with van der Waals surface area (Å²) >= 11 is 35.1. The fourth-order valence-electron chi connectivity index (χ4n) is 2.44. The van der Waals surface area contributed by atoms with E-state index in [1.54, 1.807) is 37.4 Å². The van der Waals surface area contributed by atoms with Gasteiger partial charge in [-0.1, -0.05) is 87.8 Å². The molecule has 1 aromatic heterocycles. The molecule has 0 aliphatic rings. The molecular formula is C17H9Cl6N3O2. The summed E-state index contributed by atoms with van der Waals surface area (Å²) in [7, 11) is 1.55. The largest absolute Gasteiger partial charge is 0.497 e. The summed E-state index contributed by atoms with van der Waals surface area (Å²) in [5, 5.41) is 1.43. The van der Waals surface area contributed by atoms with Crippen LogP contribution in [-0.4, -0.2) is 27.8 Å². The molecule has 0 N–H and O–H groups in total. The van der Waals surface area contributed by atoms with Crippen molar-refractivity contribution in [2.24, 2.45) is 0 Å². The number of hydrogen-bond acceptors (Lipinski definition) is 5. The summed E-state index contributed by atoms with van der Waals surface area (Å²) < 4.78 is 1.11. The van der Waals surface area contributed by atoms with Crippen molar-refractivity contribution in [3.63, 3.8) is 0 Å². The molecule has 0 aliphatic heterocycles. The Morgan fingerprint density at radius 1 is 0.893 bits per heavy atom. The minimum Gasteiger partial charge on any atom is -0.497 e. The van der Waals surface area contributed by atoms with E-state index in [1.165, 1.54) is 0 Å². The van der Waals surface area contributed by atoms with Crippen LogP contribution in [0.25, 0.3) is 10.8 Å². The van der Waals surface area contributed by atoms with Gasteiger partial charge in [-0.15, -0.1) is 0 Å². The molecule has 1 heterocycles. The molecule has 0 radical (unpaired) electrons. The molecule has 11 heteroatoms.